The fourth-order valence-electron chi connectivity index (χ4n) is 1.71. The lowest BCUT2D eigenvalue weighted by atomic mass is 10.1. The highest BCUT2D eigenvalue weighted by molar-refractivity contribution is 14.1. The molecule has 1 heterocycles. The van der Waals surface area contributed by atoms with Gasteiger partial charge in [0.2, 0.25) is 0 Å². The molecule has 12 heavy (non-hydrogen) atoms. The minimum absolute atomic E-state index is 0.661. The van der Waals surface area contributed by atoms with Gasteiger partial charge in [-0.05, 0) is 47.8 Å². The van der Waals surface area contributed by atoms with E-state index >= 15 is 0 Å². The van der Waals surface area contributed by atoms with Crippen LogP contribution in [0.15, 0.2) is 12.4 Å². The maximum atomic E-state index is 4.36. The summed E-state index contributed by atoms with van der Waals surface area (Å²) in [6.45, 7) is 2.25. The van der Waals surface area contributed by atoms with Gasteiger partial charge in [-0.25, -0.2) is 0 Å². The maximum Gasteiger partial charge on any atom is 0.0623 e. The lowest BCUT2D eigenvalue weighted by Gasteiger charge is -2.13. The summed E-state index contributed by atoms with van der Waals surface area (Å²) in [7, 11) is 0. The van der Waals surface area contributed by atoms with Crippen LogP contribution >= 0.6 is 22.6 Å². The first-order valence-corrected chi connectivity index (χ1v) is 5.58. The summed E-state index contributed by atoms with van der Waals surface area (Å²) in [6.07, 6.45) is 8.09. The van der Waals surface area contributed by atoms with Gasteiger partial charge in [0.15, 0.2) is 0 Å². The minimum atomic E-state index is 0.661. The summed E-state index contributed by atoms with van der Waals surface area (Å²) in [5, 5.41) is 4.36. The zero-order chi connectivity index (χ0) is 8.55. The van der Waals surface area contributed by atoms with E-state index < -0.39 is 0 Å². The Hall–Kier alpha value is -0.0600. The zero-order valence-corrected chi connectivity index (χ0v) is 9.36. The standard InChI is InChI=1S/C9H13IN2/c1-2-9(7-3-4-7)12-6-8(10)5-11-12/h5-7,9H,2-4H2,1H3. The molecule has 0 saturated heterocycles. The molecule has 2 rings (SSSR count). The Morgan fingerprint density at radius 2 is 2.50 bits per heavy atom. The van der Waals surface area contributed by atoms with Crippen molar-refractivity contribution < 1.29 is 0 Å². The lowest BCUT2D eigenvalue weighted by Crippen LogP contribution is -2.10. The van der Waals surface area contributed by atoms with E-state index in [0.717, 1.165) is 5.92 Å². The molecule has 0 aromatic carbocycles. The summed E-state index contributed by atoms with van der Waals surface area (Å²) in [6, 6.07) is 0.661. The van der Waals surface area contributed by atoms with Crippen LogP contribution in [0.4, 0.5) is 0 Å². The van der Waals surface area contributed by atoms with E-state index in [1.165, 1.54) is 22.8 Å². The normalized spacial score (nSPS) is 19.5. The minimum Gasteiger partial charge on any atom is -0.268 e. The predicted octanol–water partition coefficient (Wildman–Crippen LogP) is 2.85. The summed E-state index contributed by atoms with van der Waals surface area (Å²) in [5.41, 5.74) is 0. The Labute approximate surface area is 86.5 Å². The van der Waals surface area contributed by atoms with E-state index in [9.17, 15) is 0 Å². The number of nitrogens with zero attached hydrogens (tertiary/aromatic N) is 2. The molecular formula is C9H13IN2. The van der Waals surface area contributed by atoms with Crippen molar-refractivity contribution in [1.82, 2.24) is 9.78 Å². The Kier molecular flexibility index (Phi) is 2.39. The highest BCUT2D eigenvalue weighted by atomic mass is 127. The van der Waals surface area contributed by atoms with Crippen molar-refractivity contribution in [2.75, 3.05) is 0 Å². The van der Waals surface area contributed by atoms with Crippen molar-refractivity contribution in [2.45, 2.75) is 32.2 Å². The lowest BCUT2D eigenvalue weighted by molar-refractivity contribution is 0.393. The molecule has 0 aliphatic heterocycles. The molecule has 2 nitrogen and oxygen atoms in total. The highest BCUT2D eigenvalue weighted by Crippen LogP contribution is 2.41. The average molecular weight is 276 g/mol. The molecule has 0 N–H and O–H groups in total. The van der Waals surface area contributed by atoms with Crippen molar-refractivity contribution in [1.29, 1.82) is 0 Å². The van der Waals surface area contributed by atoms with Gasteiger partial charge < -0.3 is 0 Å². The van der Waals surface area contributed by atoms with Crippen molar-refractivity contribution >= 4 is 22.6 Å². The van der Waals surface area contributed by atoms with Gasteiger partial charge in [0, 0.05) is 6.20 Å². The fraction of sp³-hybridized carbons (Fsp3) is 0.667. The second kappa shape index (κ2) is 3.36. The van der Waals surface area contributed by atoms with Crippen LogP contribution in [0.2, 0.25) is 0 Å². The first kappa shape index (κ1) is 8.53. The number of hydrogen-bond acceptors (Lipinski definition) is 1. The first-order valence-electron chi connectivity index (χ1n) is 4.51. The quantitative estimate of drug-likeness (QED) is 0.776. The zero-order valence-electron chi connectivity index (χ0n) is 7.20. The molecule has 1 aliphatic carbocycles. The number of hydrogen-bond donors (Lipinski definition) is 0. The number of aromatic nitrogens is 2. The maximum absolute atomic E-state index is 4.36. The van der Waals surface area contributed by atoms with E-state index in [-0.39, 0.29) is 0 Å². The molecule has 0 bridgehead atoms. The monoisotopic (exact) mass is 276 g/mol. The molecule has 1 aliphatic rings. The van der Waals surface area contributed by atoms with Crippen molar-refractivity contribution in [3.05, 3.63) is 16.0 Å². The first-order chi connectivity index (χ1) is 5.81. The highest BCUT2D eigenvalue weighted by Gasteiger charge is 2.31. The summed E-state index contributed by atoms with van der Waals surface area (Å²) < 4.78 is 3.38. The Balaban J connectivity index is 2.15. The Bertz CT molecular complexity index is 265. The van der Waals surface area contributed by atoms with Crippen LogP contribution in [0.5, 0.6) is 0 Å². The number of halogens is 1. The van der Waals surface area contributed by atoms with Crippen LogP contribution in [0.1, 0.15) is 32.2 Å². The third-order valence-corrected chi connectivity index (χ3v) is 3.05. The smallest absolute Gasteiger partial charge is 0.0623 e. The van der Waals surface area contributed by atoms with Crippen molar-refractivity contribution in [3.8, 4) is 0 Å². The Morgan fingerprint density at radius 3 is 2.92 bits per heavy atom. The third-order valence-electron chi connectivity index (χ3n) is 2.49. The van der Waals surface area contributed by atoms with Gasteiger partial charge in [0.05, 0.1) is 15.8 Å². The molecule has 66 valence electrons. The van der Waals surface area contributed by atoms with E-state index in [0.29, 0.717) is 6.04 Å². The third kappa shape index (κ3) is 1.65. The van der Waals surface area contributed by atoms with Crippen LogP contribution in [-0.4, -0.2) is 9.78 Å². The molecule has 3 heteroatoms. The van der Waals surface area contributed by atoms with Crippen molar-refractivity contribution in [2.24, 2.45) is 5.92 Å². The van der Waals surface area contributed by atoms with Crippen LogP contribution in [0.25, 0.3) is 0 Å². The van der Waals surface area contributed by atoms with Crippen LogP contribution < -0.4 is 0 Å². The van der Waals surface area contributed by atoms with Gasteiger partial charge in [-0.3, -0.25) is 4.68 Å². The van der Waals surface area contributed by atoms with E-state index in [1.54, 1.807) is 0 Å². The molecule has 0 radical (unpaired) electrons. The summed E-state index contributed by atoms with van der Waals surface area (Å²) >= 11 is 2.31. The fourth-order valence-corrected chi connectivity index (χ4v) is 2.12. The predicted molar refractivity (Wildman–Crippen MR) is 57.0 cm³/mol. The summed E-state index contributed by atoms with van der Waals surface area (Å²) in [5.74, 6) is 0.908. The molecule has 1 saturated carbocycles. The van der Waals surface area contributed by atoms with Crippen molar-refractivity contribution in [3.63, 3.8) is 0 Å². The second-order valence-electron chi connectivity index (χ2n) is 3.45. The van der Waals surface area contributed by atoms with Crippen LogP contribution in [0.3, 0.4) is 0 Å². The average Bonchev–Trinajstić information content (AvgIpc) is 2.78. The molecule has 0 amide bonds. The topological polar surface area (TPSA) is 17.8 Å². The SMILES string of the molecule is CCC(C1CC1)n1cc(I)cn1. The molecule has 1 atom stereocenters. The van der Waals surface area contributed by atoms with Crippen LogP contribution in [0, 0.1) is 9.49 Å². The van der Waals surface area contributed by atoms with Gasteiger partial charge in [-0.2, -0.15) is 5.10 Å². The molecule has 1 aromatic rings. The van der Waals surface area contributed by atoms with Gasteiger partial charge in [-0.1, -0.05) is 6.92 Å². The molecule has 1 aromatic heterocycles. The summed E-state index contributed by atoms with van der Waals surface area (Å²) in [4.78, 5) is 0. The van der Waals surface area contributed by atoms with Crippen LogP contribution in [-0.2, 0) is 0 Å². The molecule has 0 spiro atoms. The molecular weight excluding hydrogens is 263 g/mol. The molecule has 1 unspecified atom stereocenters. The van der Waals surface area contributed by atoms with Gasteiger partial charge in [0.25, 0.3) is 0 Å². The van der Waals surface area contributed by atoms with Gasteiger partial charge in [-0.15, -0.1) is 0 Å². The number of rotatable bonds is 3. The Morgan fingerprint density at radius 1 is 1.75 bits per heavy atom. The van der Waals surface area contributed by atoms with Gasteiger partial charge in [0.1, 0.15) is 0 Å². The largest absolute Gasteiger partial charge is 0.268 e. The second-order valence-corrected chi connectivity index (χ2v) is 4.70. The van der Waals surface area contributed by atoms with E-state index in [4.69, 9.17) is 0 Å². The van der Waals surface area contributed by atoms with E-state index in [2.05, 4.69) is 45.5 Å². The molecule has 1 fully saturated rings. The van der Waals surface area contributed by atoms with E-state index in [1.807, 2.05) is 6.20 Å². The van der Waals surface area contributed by atoms with Gasteiger partial charge >= 0.3 is 0 Å².